The second kappa shape index (κ2) is 10.4. The number of carboxylic acids is 1. The average molecular weight is 565 g/mol. The van der Waals surface area contributed by atoms with Crippen LogP contribution in [-0.2, 0) is 10.0 Å². The van der Waals surface area contributed by atoms with Crippen LogP contribution in [0, 0.1) is 0 Å². The lowest BCUT2D eigenvalue weighted by atomic mass is 10.0. The van der Waals surface area contributed by atoms with E-state index in [0.29, 0.717) is 33.8 Å². The maximum absolute atomic E-state index is 11.8. The largest absolute Gasteiger partial charge is 0.494 e. The molecular weight excluding hydrogens is 540 g/mol. The van der Waals surface area contributed by atoms with Gasteiger partial charge in [-0.25, -0.2) is 13.2 Å². The van der Waals surface area contributed by atoms with Crippen LogP contribution in [0.1, 0.15) is 33.9 Å². The number of nitrogens with one attached hydrogen (secondary N) is 2. The number of thiocarbonyl (C=S) groups is 1. The third-order valence-electron chi connectivity index (χ3n) is 6.19. The standard InChI is InChI=1S/C27H24N4O6S2/c1-36-23-15-18(10-11-19(23)30-39(2,34)35)31-25(24(29-27(31)38)20-5-3-4-14-28-20)22-13-12-21(37-22)16-6-8-17(9-7-16)26(32)33/h3-15,24-25,30H,1-2H3,(H,29,38)(H,32,33)/t24-,25-/m1/s1. The summed E-state index contributed by atoms with van der Waals surface area (Å²) in [5, 5.41) is 13.0. The number of benzene rings is 2. The number of sulfonamides is 1. The number of hydrogen-bond donors (Lipinski definition) is 3. The fourth-order valence-electron chi connectivity index (χ4n) is 4.48. The van der Waals surface area contributed by atoms with E-state index in [1.807, 2.05) is 35.2 Å². The molecule has 3 N–H and O–H groups in total. The van der Waals surface area contributed by atoms with Crippen molar-refractivity contribution in [3.05, 3.63) is 96.0 Å². The zero-order chi connectivity index (χ0) is 27.7. The van der Waals surface area contributed by atoms with Crippen LogP contribution in [0.5, 0.6) is 5.75 Å². The SMILES string of the molecule is COc1cc(N2C(=S)N[C@H](c3ccccn3)[C@H]2c2ccc(-c3ccc(C(=O)O)cc3)o2)ccc1NS(C)(=O)=O. The highest BCUT2D eigenvalue weighted by atomic mass is 32.2. The number of rotatable bonds is 8. The van der Waals surface area contributed by atoms with Gasteiger partial charge in [-0.1, -0.05) is 18.2 Å². The molecule has 0 spiro atoms. The summed E-state index contributed by atoms with van der Waals surface area (Å²) in [4.78, 5) is 17.6. The summed E-state index contributed by atoms with van der Waals surface area (Å²) in [7, 11) is -2.07. The molecule has 3 heterocycles. The Labute approximate surface area is 230 Å². The van der Waals surface area contributed by atoms with E-state index in [0.717, 1.165) is 17.5 Å². The van der Waals surface area contributed by atoms with Crippen LogP contribution in [0.4, 0.5) is 11.4 Å². The van der Waals surface area contributed by atoms with Crippen LogP contribution in [0.2, 0.25) is 0 Å². The summed E-state index contributed by atoms with van der Waals surface area (Å²) < 4.78 is 37.9. The lowest BCUT2D eigenvalue weighted by molar-refractivity contribution is 0.0697. The molecule has 12 heteroatoms. The Hall–Kier alpha value is -4.42. The molecule has 2 atom stereocenters. The predicted octanol–water partition coefficient (Wildman–Crippen LogP) is 4.60. The Balaban J connectivity index is 1.57. The molecule has 0 unspecified atom stereocenters. The number of aromatic carboxylic acids is 1. The molecule has 2 aromatic heterocycles. The number of aromatic nitrogens is 1. The van der Waals surface area contributed by atoms with E-state index in [1.165, 1.54) is 19.2 Å². The van der Waals surface area contributed by atoms with E-state index in [2.05, 4.69) is 15.0 Å². The summed E-state index contributed by atoms with van der Waals surface area (Å²) in [6.07, 6.45) is 2.77. The van der Waals surface area contributed by atoms with E-state index in [-0.39, 0.29) is 11.6 Å². The number of nitrogens with zero attached hydrogens (tertiary/aromatic N) is 2. The van der Waals surface area contributed by atoms with Gasteiger partial charge in [0.15, 0.2) is 5.11 Å². The van der Waals surface area contributed by atoms with Crippen molar-refractivity contribution in [2.45, 2.75) is 12.1 Å². The van der Waals surface area contributed by atoms with Gasteiger partial charge >= 0.3 is 5.97 Å². The van der Waals surface area contributed by atoms with Gasteiger partial charge in [0, 0.05) is 23.5 Å². The third kappa shape index (κ3) is 5.42. The average Bonchev–Trinajstić information content (AvgIpc) is 3.53. The van der Waals surface area contributed by atoms with Gasteiger partial charge in [-0.2, -0.15) is 0 Å². The zero-order valence-corrected chi connectivity index (χ0v) is 22.5. The summed E-state index contributed by atoms with van der Waals surface area (Å²) >= 11 is 5.75. The van der Waals surface area contributed by atoms with Crippen molar-refractivity contribution in [1.29, 1.82) is 0 Å². The minimum absolute atomic E-state index is 0.181. The number of hydrogen-bond acceptors (Lipinski definition) is 7. The van der Waals surface area contributed by atoms with Crippen LogP contribution >= 0.6 is 12.2 Å². The quantitative estimate of drug-likeness (QED) is 0.261. The smallest absolute Gasteiger partial charge is 0.335 e. The molecular formula is C27H24N4O6S2. The number of pyridine rings is 1. The molecule has 10 nitrogen and oxygen atoms in total. The fraction of sp³-hybridized carbons (Fsp3) is 0.148. The van der Waals surface area contributed by atoms with Crippen molar-refractivity contribution in [3.8, 4) is 17.1 Å². The third-order valence-corrected chi connectivity index (χ3v) is 7.10. The summed E-state index contributed by atoms with van der Waals surface area (Å²) in [6, 6.07) is 19.9. The molecule has 0 bridgehead atoms. The van der Waals surface area contributed by atoms with Crippen molar-refractivity contribution in [2.24, 2.45) is 0 Å². The van der Waals surface area contributed by atoms with E-state index in [4.69, 9.17) is 21.4 Å². The molecule has 2 aromatic carbocycles. The van der Waals surface area contributed by atoms with Gasteiger partial charge in [-0.3, -0.25) is 9.71 Å². The molecule has 4 aromatic rings. The maximum atomic E-state index is 11.8. The molecule has 1 aliphatic rings. The molecule has 0 aliphatic carbocycles. The molecule has 0 radical (unpaired) electrons. The van der Waals surface area contributed by atoms with Gasteiger partial charge in [-0.15, -0.1) is 0 Å². The first kappa shape index (κ1) is 26.2. The van der Waals surface area contributed by atoms with E-state index < -0.39 is 22.0 Å². The molecule has 1 fully saturated rings. The second-order valence-electron chi connectivity index (χ2n) is 8.84. The van der Waals surface area contributed by atoms with Crippen LogP contribution in [0.3, 0.4) is 0 Å². The minimum atomic E-state index is -3.52. The van der Waals surface area contributed by atoms with Crippen molar-refractivity contribution in [1.82, 2.24) is 10.3 Å². The Kier molecular flexibility index (Phi) is 6.98. The fourth-order valence-corrected chi connectivity index (χ4v) is 5.39. The van der Waals surface area contributed by atoms with E-state index >= 15 is 0 Å². The Morgan fingerprint density at radius 1 is 1.13 bits per heavy atom. The lowest BCUT2D eigenvalue weighted by Gasteiger charge is -2.26. The Morgan fingerprint density at radius 3 is 2.54 bits per heavy atom. The summed E-state index contributed by atoms with van der Waals surface area (Å²) in [6.45, 7) is 0. The van der Waals surface area contributed by atoms with Crippen LogP contribution in [0.25, 0.3) is 11.3 Å². The number of carboxylic acid groups (broad SMARTS) is 1. The number of ether oxygens (including phenoxy) is 1. The van der Waals surface area contributed by atoms with Gasteiger partial charge in [0.25, 0.3) is 0 Å². The zero-order valence-electron chi connectivity index (χ0n) is 20.9. The van der Waals surface area contributed by atoms with Gasteiger partial charge in [0.05, 0.1) is 36.4 Å². The topological polar surface area (TPSA) is 134 Å². The first-order valence-electron chi connectivity index (χ1n) is 11.7. The van der Waals surface area contributed by atoms with Crippen molar-refractivity contribution < 1.29 is 27.5 Å². The maximum Gasteiger partial charge on any atom is 0.335 e. The first-order valence-corrected chi connectivity index (χ1v) is 14.0. The van der Waals surface area contributed by atoms with Crippen LogP contribution in [0.15, 0.2) is 83.4 Å². The predicted molar refractivity (Wildman–Crippen MR) is 150 cm³/mol. The van der Waals surface area contributed by atoms with Gasteiger partial charge < -0.3 is 24.5 Å². The van der Waals surface area contributed by atoms with Crippen molar-refractivity contribution in [3.63, 3.8) is 0 Å². The normalized spacial score (nSPS) is 17.1. The molecule has 0 saturated carbocycles. The monoisotopic (exact) mass is 564 g/mol. The highest BCUT2D eigenvalue weighted by Crippen LogP contribution is 2.44. The van der Waals surface area contributed by atoms with Gasteiger partial charge in [0.2, 0.25) is 10.0 Å². The Bertz CT molecular complexity index is 1640. The number of methoxy groups -OCH3 is 1. The molecule has 1 saturated heterocycles. The van der Waals surface area contributed by atoms with E-state index in [1.54, 1.807) is 36.5 Å². The minimum Gasteiger partial charge on any atom is -0.494 e. The molecule has 39 heavy (non-hydrogen) atoms. The highest BCUT2D eigenvalue weighted by molar-refractivity contribution is 7.92. The number of carbonyl (C=O) groups is 1. The molecule has 200 valence electrons. The molecule has 1 aliphatic heterocycles. The first-order chi connectivity index (χ1) is 18.6. The lowest BCUT2D eigenvalue weighted by Crippen LogP contribution is -2.29. The summed E-state index contributed by atoms with van der Waals surface area (Å²) in [5.74, 6) is 0.464. The highest BCUT2D eigenvalue weighted by Gasteiger charge is 2.42. The van der Waals surface area contributed by atoms with Crippen LogP contribution < -0.4 is 19.7 Å². The number of furan rings is 1. The number of anilines is 2. The van der Waals surface area contributed by atoms with Crippen molar-refractivity contribution >= 4 is 44.7 Å². The summed E-state index contributed by atoms with van der Waals surface area (Å²) in [5.41, 5.74) is 2.59. The van der Waals surface area contributed by atoms with E-state index in [9.17, 15) is 18.3 Å². The van der Waals surface area contributed by atoms with Crippen molar-refractivity contribution in [2.75, 3.05) is 23.0 Å². The Morgan fingerprint density at radius 2 is 1.90 bits per heavy atom. The second-order valence-corrected chi connectivity index (χ2v) is 11.0. The van der Waals surface area contributed by atoms with Gasteiger partial charge in [-0.05, 0) is 60.7 Å². The van der Waals surface area contributed by atoms with Crippen LogP contribution in [-0.4, -0.2) is 43.0 Å². The van der Waals surface area contributed by atoms with Gasteiger partial charge in [0.1, 0.15) is 23.3 Å². The molecule has 5 rings (SSSR count). The molecule has 0 amide bonds.